The van der Waals surface area contributed by atoms with Crippen molar-refractivity contribution in [2.75, 3.05) is 47.9 Å². The Hall–Kier alpha value is -4.56. The van der Waals surface area contributed by atoms with Crippen LogP contribution in [0.1, 0.15) is 37.8 Å². The summed E-state index contributed by atoms with van der Waals surface area (Å²) in [5, 5.41) is 37.5. The molecule has 0 bridgehead atoms. The SMILES string of the molecule is CN(C)P(=O)(OC1=C(O)C(C(O)COC(=O)CCC(=O)NCC(=O)NC(CCCCN)C(=O)NC(Cc2cnc[nH]2)C(=O)O)OC1=O)N(C)C. The summed E-state index contributed by atoms with van der Waals surface area (Å²) in [5.74, 6) is -7.30. The minimum Gasteiger partial charge on any atom is -0.505 e. The minimum atomic E-state index is -3.77. The molecule has 21 nitrogen and oxygen atoms in total. The highest BCUT2D eigenvalue weighted by Crippen LogP contribution is 2.53. The molecule has 1 aromatic rings. The Balaban J connectivity index is 1.83. The zero-order valence-corrected chi connectivity index (χ0v) is 29.0. The van der Waals surface area contributed by atoms with Gasteiger partial charge in [0.15, 0.2) is 11.9 Å². The monoisotopic (exact) mass is 732 g/mol. The number of imidazole rings is 1. The quantitative estimate of drug-likeness (QED) is 0.0359. The van der Waals surface area contributed by atoms with Crippen molar-refractivity contribution < 1.29 is 62.6 Å². The Labute approximate surface area is 287 Å². The maximum atomic E-state index is 13.0. The van der Waals surface area contributed by atoms with Crippen molar-refractivity contribution in [2.45, 2.75) is 62.8 Å². The summed E-state index contributed by atoms with van der Waals surface area (Å²) in [6.07, 6.45) is -0.513. The molecule has 2 rings (SSSR count). The number of cyclic esters (lactones) is 1. The molecule has 3 amide bonds. The lowest BCUT2D eigenvalue weighted by molar-refractivity contribution is -0.155. The van der Waals surface area contributed by atoms with Gasteiger partial charge in [-0.15, -0.1) is 0 Å². The Morgan fingerprint density at radius 3 is 2.34 bits per heavy atom. The van der Waals surface area contributed by atoms with Crippen LogP contribution in [0, 0.1) is 0 Å². The van der Waals surface area contributed by atoms with E-state index in [0.717, 1.165) is 0 Å². The first-order chi connectivity index (χ1) is 23.5. The van der Waals surface area contributed by atoms with Crippen molar-refractivity contribution in [2.24, 2.45) is 5.73 Å². The Morgan fingerprint density at radius 1 is 1.08 bits per heavy atom. The van der Waals surface area contributed by atoms with Crippen LogP contribution in [0.15, 0.2) is 24.0 Å². The van der Waals surface area contributed by atoms with Crippen molar-refractivity contribution in [1.29, 1.82) is 0 Å². The van der Waals surface area contributed by atoms with E-state index in [9.17, 15) is 48.7 Å². The molecule has 0 radical (unpaired) electrons. The molecule has 4 unspecified atom stereocenters. The average Bonchev–Trinajstić information content (AvgIpc) is 3.67. The Bertz CT molecular complexity index is 1420. The summed E-state index contributed by atoms with van der Waals surface area (Å²) in [4.78, 5) is 80.5. The molecular weight excluding hydrogens is 687 g/mol. The van der Waals surface area contributed by atoms with Crippen LogP contribution in [0.25, 0.3) is 0 Å². The van der Waals surface area contributed by atoms with Gasteiger partial charge in [0.05, 0.1) is 19.3 Å². The van der Waals surface area contributed by atoms with Crippen LogP contribution in [0.2, 0.25) is 0 Å². The predicted octanol–water partition coefficient (Wildman–Crippen LogP) is -2.12. The average molecular weight is 733 g/mol. The van der Waals surface area contributed by atoms with Gasteiger partial charge in [-0.25, -0.2) is 28.5 Å². The van der Waals surface area contributed by atoms with Gasteiger partial charge in [-0.2, -0.15) is 0 Å². The minimum absolute atomic E-state index is 0.0797. The van der Waals surface area contributed by atoms with E-state index < -0.39 is 105 Å². The number of hydrogen-bond donors (Lipinski definition) is 8. The Kier molecular flexibility index (Phi) is 16.3. The lowest BCUT2D eigenvalue weighted by Gasteiger charge is -2.29. The number of aliphatic hydroxyl groups is 2. The molecular formula is C28H45N8O13P. The molecule has 1 aromatic heterocycles. The van der Waals surface area contributed by atoms with Gasteiger partial charge in [0.2, 0.25) is 17.7 Å². The highest BCUT2D eigenvalue weighted by Gasteiger charge is 2.45. The van der Waals surface area contributed by atoms with Crippen molar-refractivity contribution >= 4 is 43.3 Å². The number of aliphatic carboxylic acids is 1. The van der Waals surface area contributed by atoms with Gasteiger partial charge in [-0.05, 0) is 54.0 Å². The number of aromatic amines is 1. The van der Waals surface area contributed by atoms with Gasteiger partial charge in [-0.1, -0.05) is 0 Å². The Morgan fingerprint density at radius 2 is 1.76 bits per heavy atom. The first kappa shape index (κ1) is 41.6. The number of nitrogens with one attached hydrogen (secondary N) is 4. The van der Waals surface area contributed by atoms with E-state index in [2.05, 4.69) is 25.9 Å². The number of carbonyl (C=O) groups is 6. The van der Waals surface area contributed by atoms with Gasteiger partial charge in [0.1, 0.15) is 24.8 Å². The summed E-state index contributed by atoms with van der Waals surface area (Å²) in [6.45, 7) is -0.990. The number of carboxylic acid groups (broad SMARTS) is 1. The molecule has 1 aliphatic rings. The van der Waals surface area contributed by atoms with Crippen LogP contribution >= 0.6 is 7.67 Å². The van der Waals surface area contributed by atoms with Crippen LogP contribution < -0.4 is 21.7 Å². The topological polar surface area (TPSA) is 305 Å². The number of aliphatic hydroxyl groups excluding tert-OH is 2. The second kappa shape index (κ2) is 19.6. The van der Waals surface area contributed by atoms with Gasteiger partial charge in [0, 0.05) is 24.7 Å². The number of H-pyrrole nitrogens is 1. The highest BCUT2D eigenvalue weighted by molar-refractivity contribution is 7.54. The number of ether oxygens (including phenoxy) is 2. The molecule has 1 aliphatic heterocycles. The zero-order chi connectivity index (χ0) is 37.6. The molecule has 22 heteroatoms. The zero-order valence-electron chi connectivity index (χ0n) is 28.1. The van der Waals surface area contributed by atoms with Crippen molar-refractivity contribution in [3.05, 3.63) is 29.7 Å². The van der Waals surface area contributed by atoms with Crippen LogP contribution in [0.3, 0.4) is 0 Å². The fourth-order valence-corrected chi connectivity index (χ4v) is 5.81. The molecule has 50 heavy (non-hydrogen) atoms. The van der Waals surface area contributed by atoms with Crippen LogP contribution in [-0.2, 0) is 53.8 Å². The number of carbonyl (C=O) groups excluding carboxylic acids is 5. The van der Waals surface area contributed by atoms with Crippen LogP contribution in [-0.4, -0.2) is 142 Å². The number of nitrogens with two attached hydrogens (primary N) is 1. The molecule has 0 spiro atoms. The highest BCUT2D eigenvalue weighted by atomic mass is 31.2. The lowest BCUT2D eigenvalue weighted by Crippen LogP contribution is -2.53. The first-order valence-electron chi connectivity index (χ1n) is 15.4. The summed E-state index contributed by atoms with van der Waals surface area (Å²) in [7, 11) is 1.93. The second-order valence-electron chi connectivity index (χ2n) is 11.4. The maximum Gasteiger partial charge on any atom is 0.395 e. The molecule has 0 aromatic carbocycles. The second-order valence-corrected chi connectivity index (χ2v) is 14.2. The van der Waals surface area contributed by atoms with E-state index in [0.29, 0.717) is 25.1 Å². The fourth-order valence-electron chi connectivity index (χ4n) is 4.36. The van der Waals surface area contributed by atoms with E-state index in [1.165, 1.54) is 50.1 Å². The maximum absolute atomic E-state index is 13.0. The van der Waals surface area contributed by atoms with Gasteiger partial charge in [0.25, 0.3) is 5.76 Å². The molecule has 0 saturated carbocycles. The predicted molar refractivity (Wildman–Crippen MR) is 172 cm³/mol. The van der Waals surface area contributed by atoms with Gasteiger partial charge >= 0.3 is 25.6 Å². The number of carboxylic acids is 1. The van der Waals surface area contributed by atoms with Crippen molar-refractivity contribution in [1.82, 2.24) is 35.3 Å². The summed E-state index contributed by atoms with van der Waals surface area (Å²) < 4.78 is 30.5. The third kappa shape index (κ3) is 12.4. The molecule has 0 fully saturated rings. The first-order valence-corrected chi connectivity index (χ1v) is 16.9. The number of aromatic nitrogens is 2. The van der Waals surface area contributed by atoms with Crippen molar-refractivity contribution in [3.8, 4) is 0 Å². The summed E-state index contributed by atoms with van der Waals surface area (Å²) in [5.41, 5.74) is 5.99. The largest absolute Gasteiger partial charge is 0.505 e. The van der Waals surface area contributed by atoms with E-state index in [1.807, 2.05) is 0 Å². The molecule has 0 saturated heterocycles. The standard InChI is InChI=1S/C28H45N8O13P/c1-35(2)50(46,36(3)4)49-25-23(41)24(48-28(25)45)19(37)14-47-22(40)9-8-20(38)31-13-21(39)33-17(7-5-6-10-29)26(42)34-18(27(43)44)11-16-12-30-15-32-16/h12,15,17-19,24,37,41H,5-11,13-14,29H2,1-4H3,(H,30,32)(H,31,38)(H,33,39)(H,34,42)(H,43,44). The van der Waals surface area contributed by atoms with Gasteiger partial charge in [-0.3, -0.25) is 19.2 Å². The fraction of sp³-hybridized carbons (Fsp3) is 0.607. The van der Waals surface area contributed by atoms with Crippen LogP contribution in [0.4, 0.5) is 0 Å². The molecule has 4 atom stereocenters. The van der Waals surface area contributed by atoms with E-state index in [-0.39, 0.29) is 12.8 Å². The molecule has 280 valence electrons. The number of nitrogens with zero attached hydrogens (tertiary/aromatic N) is 3. The number of unbranched alkanes of at least 4 members (excludes halogenated alkanes) is 1. The summed E-state index contributed by atoms with van der Waals surface area (Å²) >= 11 is 0. The summed E-state index contributed by atoms with van der Waals surface area (Å²) in [6, 6.07) is -2.44. The third-order valence-corrected chi connectivity index (χ3v) is 9.54. The number of esters is 2. The number of rotatable bonds is 22. The van der Waals surface area contributed by atoms with Gasteiger partial charge < -0.3 is 56.0 Å². The lowest BCUT2D eigenvalue weighted by atomic mass is 10.1. The van der Waals surface area contributed by atoms with E-state index >= 15 is 0 Å². The van der Waals surface area contributed by atoms with E-state index in [4.69, 9.17) is 19.7 Å². The molecule has 2 heterocycles. The third-order valence-electron chi connectivity index (χ3n) is 7.10. The van der Waals surface area contributed by atoms with Crippen LogP contribution in [0.5, 0.6) is 0 Å². The number of hydrogen-bond acceptors (Lipinski definition) is 14. The normalized spacial score (nSPS) is 16.4. The molecule has 9 N–H and O–H groups in total. The van der Waals surface area contributed by atoms with Crippen molar-refractivity contribution in [3.63, 3.8) is 0 Å². The number of amides is 3. The molecule has 0 aliphatic carbocycles. The van der Waals surface area contributed by atoms with E-state index in [1.54, 1.807) is 0 Å². The smallest absolute Gasteiger partial charge is 0.395 e.